The number of anilines is 1. The monoisotopic (exact) mass is 537 g/mol. The topological polar surface area (TPSA) is 146 Å². The number of hydrogen-bond donors (Lipinski definition) is 2. The van der Waals surface area contributed by atoms with Crippen molar-refractivity contribution in [2.45, 2.75) is 63.4 Å². The first-order valence-electron chi connectivity index (χ1n) is 12.1. The summed E-state index contributed by atoms with van der Waals surface area (Å²) in [4.78, 5) is 52.1. The number of nitrogens with one attached hydrogen (secondary N) is 1. The molecule has 1 amide bonds. The van der Waals surface area contributed by atoms with Crippen LogP contribution >= 0.6 is 0 Å². The molecule has 206 valence electrons. The van der Waals surface area contributed by atoms with Crippen molar-refractivity contribution in [2.75, 3.05) is 18.5 Å². The van der Waals surface area contributed by atoms with Crippen LogP contribution in [0.4, 0.5) is 19.4 Å². The molecule has 0 radical (unpaired) electrons. The predicted molar refractivity (Wildman–Crippen MR) is 129 cm³/mol. The molecule has 1 aromatic carbocycles. The van der Waals surface area contributed by atoms with Crippen molar-refractivity contribution in [3.63, 3.8) is 0 Å². The quantitative estimate of drug-likeness (QED) is 0.308. The number of amides is 1. The Bertz CT molecular complexity index is 1170. The maximum Gasteiger partial charge on any atom is 0.412 e. The second-order valence-corrected chi connectivity index (χ2v) is 8.61. The van der Waals surface area contributed by atoms with Crippen molar-refractivity contribution < 1.29 is 42.5 Å². The molecular weight excluding hydrogens is 508 g/mol. The van der Waals surface area contributed by atoms with Crippen molar-refractivity contribution in [3.8, 4) is 0 Å². The van der Waals surface area contributed by atoms with E-state index in [0.717, 1.165) is 24.2 Å². The van der Waals surface area contributed by atoms with Crippen LogP contribution in [0.3, 0.4) is 0 Å². The number of aliphatic hydroxyl groups is 1. The number of carbonyl (C=O) groups excluding carboxylic acids is 3. The Kier molecular flexibility index (Phi) is 10.0. The molecule has 2 N–H and O–H groups in total. The van der Waals surface area contributed by atoms with Crippen LogP contribution in [-0.2, 0) is 30.2 Å². The first kappa shape index (κ1) is 28.9. The summed E-state index contributed by atoms with van der Waals surface area (Å²) in [5.41, 5.74) is -0.436. The summed E-state index contributed by atoms with van der Waals surface area (Å²) < 4.78 is 45.9. The van der Waals surface area contributed by atoms with E-state index >= 15 is 8.78 Å². The highest BCUT2D eigenvalue weighted by Crippen LogP contribution is 2.44. The van der Waals surface area contributed by atoms with Crippen molar-refractivity contribution in [2.24, 2.45) is 0 Å². The smallest absolute Gasteiger partial charge is 0.412 e. The molecule has 1 aromatic heterocycles. The molecule has 0 spiro atoms. The van der Waals surface area contributed by atoms with Crippen LogP contribution in [0.25, 0.3) is 0 Å². The Morgan fingerprint density at radius 1 is 1.18 bits per heavy atom. The summed E-state index contributed by atoms with van der Waals surface area (Å²) in [5.74, 6) is -5.52. The third-order valence-electron chi connectivity index (χ3n) is 5.68. The zero-order valence-corrected chi connectivity index (χ0v) is 20.7. The van der Waals surface area contributed by atoms with E-state index in [1.54, 1.807) is 30.3 Å². The molecule has 3 rings (SSSR count). The molecule has 1 aliphatic rings. The number of unbranched alkanes of at least 4 members (excludes halogenated alkanes) is 1. The fourth-order valence-electron chi connectivity index (χ4n) is 3.72. The van der Waals surface area contributed by atoms with Gasteiger partial charge in [-0.1, -0.05) is 43.7 Å². The zero-order chi connectivity index (χ0) is 27.7. The minimum absolute atomic E-state index is 0.0788. The highest BCUT2D eigenvalue weighted by Gasteiger charge is 2.62. The van der Waals surface area contributed by atoms with Crippen molar-refractivity contribution in [3.05, 3.63) is 58.6 Å². The fourth-order valence-corrected chi connectivity index (χ4v) is 3.72. The summed E-state index contributed by atoms with van der Waals surface area (Å²) >= 11 is 0. The Balaban J connectivity index is 1.62. The number of esters is 1. The third-order valence-corrected chi connectivity index (χ3v) is 5.68. The van der Waals surface area contributed by atoms with Crippen molar-refractivity contribution in [1.82, 2.24) is 9.55 Å². The van der Waals surface area contributed by atoms with Gasteiger partial charge in [0.05, 0.1) is 19.6 Å². The van der Waals surface area contributed by atoms with Crippen LogP contribution in [0, 0.1) is 0 Å². The van der Waals surface area contributed by atoms with Gasteiger partial charge in [-0.25, -0.2) is 9.59 Å². The van der Waals surface area contributed by atoms with Gasteiger partial charge in [-0.05, 0) is 18.1 Å². The normalized spacial score (nSPS) is 20.1. The van der Waals surface area contributed by atoms with Gasteiger partial charge in [-0.15, -0.1) is 0 Å². The molecule has 11 nitrogen and oxygen atoms in total. The van der Waals surface area contributed by atoms with Gasteiger partial charge >= 0.3 is 23.7 Å². The van der Waals surface area contributed by atoms with E-state index < -0.39 is 55.1 Å². The van der Waals surface area contributed by atoms with Gasteiger partial charge in [0, 0.05) is 19.0 Å². The highest BCUT2D eigenvalue weighted by atomic mass is 19.3. The third kappa shape index (κ3) is 7.42. The van der Waals surface area contributed by atoms with Crippen molar-refractivity contribution in [1.29, 1.82) is 0 Å². The second kappa shape index (κ2) is 13.2. The Morgan fingerprint density at radius 2 is 1.92 bits per heavy atom. The number of ketones is 1. The molecule has 1 aliphatic heterocycles. The number of alkyl halides is 2. The highest BCUT2D eigenvalue weighted by molar-refractivity contribution is 5.84. The number of aliphatic hydroxyl groups excluding tert-OH is 1. The van der Waals surface area contributed by atoms with E-state index in [2.05, 4.69) is 10.3 Å². The molecule has 0 aliphatic carbocycles. The second-order valence-electron chi connectivity index (χ2n) is 8.61. The van der Waals surface area contributed by atoms with Crippen LogP contribution in [0.2, 0.25) is 0 Å². The first-order chi connectivity index (χ1) is 18.1. The summed E-state index contributed by atoms with van der Waals surface area (Å²) in [6, 6.07) is 9.90. The molecule has 2 heterocycles. The van der Waals surface area contributed by atoms with Gasteiger partial charge in [0.25, 0.3) is 0 Å². The number of hydrogen-bond acceptors (Lipinski definition) is 9. The minimum Gasteiger partial charge on any atom is -0.453 e. The molecule has 0 bridgehead atoms. The van der Waals surface area contributed by atoms with Gasteiger partial charge in [0.15, 0.2) is 6.10 Å². The van der Waals surface area contributed by atoms with Crippen LogP contribution in [0.1, 0.15) is 44.4 Å². The number of nitrogens with zero attached hydrogens (tertiary/aromatic N) is 2. The van der Waals surface area contributed by atoms with Gasteiger partial charge < -0.3 is 19.3 Å². The van der Waals surface area contributed by atoms with E-state index in [-0.39, 0.29) is 31.0 Å². The molecule has 0 unspecified atom stereocenters. The lowest BCUT2D eigenvalue weighted by molar-refractivity contribution is -0.176. The first-order valence-corrected chi connectivity index (χ1v) is 12.1. The van der Waals surface area contributed by atoms with Crippen LogP contribution in [0.15, 0.2) is 47.4 Å². The average Bonchev–Trinajstić information content (AvgIpc) is 3.13. The number of carbonyl (C=O) groups is 3. The molecule has 1 saturated heterocycles. The molecule has 2 aromatic rings. The summed E-state index contributed by atoms with van der Waals surface area (Å²) in [6.45, 7) is 1.14. The lowest BCUT2D eigenvalue weighted by atomic mass is 10.1. The van der Waals surface area contributed by atoms with Crippen LogP contribution < -0.4 is 11.0 Å². The van der Waals surface area contributed by atoms with E-state index in [0.29, 0.717) is 11.0 Å². The van der Waals surface area contributed by atoms with Gasteiger partial charge in [-0.3, -0.25) is 19.5 Å². The molecule has 3 atom stereocenters. The lowest BCUT2D eigenvalue weighted by Crippen LogP contribution is -2.44. The maximum atomic E-state index is 15.2. The standard InChI is InChI=1S/C25H29F2N3O8/c1-2-3-13-36-24(35)29-19-11-12-30(23(34)28-19)22-25(26,27)21(18(15-31)37-22)38-20(33)10-9-17(32)14-16-7-5-4-6-8-16/h4-8,11-12,18,21-22,31H,2-3,9-10,13-15H2,1H3,(H,28,29,34,35)/t18-,21-,22-/m1/s1. The summed E-state index contributed by atoms with van der Waals surface area (Å²) in [6.07, 6.45) is -5.19. The number of ether oxygens (including phenoxy) is 3. The molecule has 0 saturated carbocycles. The lowest BCUT2D eigenvalue weighted by Gasteiger charge is -2.24. The number of aromatic nitrogens is 2. The van der Waals surface area contributed by atoms with Gasteiger partial charge in [-0.2, -0.15) is 13.8 Å². The Morgan fingerprint density at radius 3 is 2.58 bits per heavy atom. The van der Waals surface area contributed by atoms with E-state index in [9.17, 15) is 24.3 Å². The number of benzene rings is 1. The zero-order valence-electron chi connectivity index (χ0n) is 20.7. The largest absolute Gasteiger partial charge is 0.453 e. The number of Topliss-reactive ketones (excluding diaryl/α,β-unsaturated/α-hetero) is 1. The number of rotatable bonds is 12. The van der Waals surface area contributed by atoms with E-state index in [4.69, 9.17) is 14.2 Å². The van der Waals surface area contributed by atoms with Crippen LogP contribution in [-0.4, -0.2) is 63.8 Å². The summed E-state index contributed by atoms with van der Waals surface area (Å²) in [7, 11) is 0. The molecule has 1 fully saturated rings. The Labute approximate surface area is 216 Å². The van der Waals surface area contributed by atoms with E-state index in [1.807, 2.05) is 6.92 Å². The predicted octanol–water partition coefficient (Wildman–Crippen LogP) is 2.62. The molecule has 38 heavy (non-hydrogen) atoms. The fraction of sp³-hybridized carbons (Fsp3) is 0.480. The number of halogens is 2. The average molecular weight is 538 g/mol. The summed E-state index contributed by atoms with van der Waals surface area (Å²) in [5, 5.41) is 11.8. The molecule has 13 heteroatoms. The van der Waals surface area contributed by atoms with Gasteiger partial charge in [0.1, 0.15) is 17.7 Å². The minimum atomic E-state index is -3.93. The molecular formula is C25H29F2N3O8. The van der Waals surface area contributed by atoms with Crippen LogP contribution in [0.5, 0.6) is 0 Å². The maximum absolute atomic E-state index is 15.2. The van der Waals surface area contributed by atoms with Gasteiger partial charge in [0.2, 0.25) is 6.23 Å². The van der Waals surface area contributed by atoms with Crippen molar-refractivity contribution >= 4 is 23.7 Å². The Hall–Kier alpha value is -3.71. The SMILES string of the molecule is CCCCOC(=O)Nc1ccn([C@@H]2O[C@H](CO)[C@@H](OC(=O)CCC(=O)Cc3ccccc3)C2(F)F)c(=O)n1. The van der Waals surface area contributed by atoms with E-state index in [1.165, 1.54) is 0 Å².